The van der Waals surface area contributed by atoms with Gasteiger partial charge in [-0.05, 0) is 40.2 Å². The molecule has 0 amide bonds. The second-order valence-corrected chi connectivity index (χ2v) is 3.66. The zero-order chi connectivity index (χ0) is 10.8. The molecule has 2 rings (SSSR count). The maximum absolute atomic E-state index is 12.7. The Kier molecular flexibility index (Phi) is 2.52. The van der Waals surface area contributed by atoms with E-state index >= 15 is 0 Å². The molecule has 1 aromatic carbocycles. The number of aromatic nitrogens is 2. The van der Waals surface area contributed by atoms with E-state index in [2.05, 4.69) is 21.0 Å². The van der Waals surface area contributed by atoms with E-state index in [0.717, 1.165) is 0 Å². The van der Waals surface area contributed by atoms with Crippen molar-refractivity contribution < 1.29 is 4.39 Å². The number of rotatable bonds is 1. The van der Waals surface area contributed by atoms with Gasteiger partial charge in [0.25, 0.3) is 0 Å². The lowest BCUT2D eigenvalue weighted by molar-refractivity contribution is 0.627. The SMILES string of the molecule is N#Cc1cc(Br)n(-c2ccc(F)cc2)n1. The van der Waals surface area contributed by atoms with Crippen LogP contribution in [-0.2, 0) is 0 Å². The average Bonchev–Trinajstić information content (AvgIpc) is 2.61. The first-order valence-corrected chi connectivity index (χ1v) is 4.91. The molecule has 3 nitrogen and oxygen atoms in total. The van der Waals surface area contributed by atoms with Crippen molar-refractivity contribution in [3.63, 3.8) is 0 Å². The van der Waals surface area contributed by atoms with E-state index in [9.17, 15) is 4.39 Å². The lowest BCUT2D eigenvalue weighted by Crippen LogP contribution is -1.96. The van der Waals surface area contributed by atoms with Gasteiger partial charge in [-0.3, -0.25) is 0 Å². The van der Waals surface area contributed by atoms with E-state index in [-0.39, 0.29) is 5.82 Å². The quantitative estimate of drug-likeness (QED) is 0.796. The zero-order valence-electron chi connectivity index (χ0n) is 7.48. The van der Waals surface area contributed by atoms with Crippen LogP contribution in [0.5, 0.6) is 0 Å². The van der Waals surface area contributed by atoms with Gasteiger partial charge in [-0.1, -0.05) is 0 Å². The molecule has 0 bridgehead atoms. The van der Waals surface area contributed by atoms with E-state index in [4.69, 9.17) is 5.26 Å². The lowest BCUT2D eigenvalue weighted by Gasteiger charge is -2.01. The molecule has 0 saturated carbocycles. The molecule has 0 spiro atoms. The van der Waals surface area contributed by atoms with E-state index in [1.165, 1.54) is 16.8 Å². The van der Waals surface area contributed by atoms with Gasteiger partial charge < -0.3 is 0 Å². The first kappa shape index (κ1) is 9.87. The van der Waals surface area contributed by atoms with Gasteiger partial charge in [0.2, 0.25) is 0 Å². The highest BCUT2D eigenvalue weighted by molar-refractivity contribution is 9.10. The summed E-state index contributed by atoms with van der Waals surface area (Å²) in [5, 5.41) is 12.7. The summed E-state index contributed by atoms with van der Waals surface area (Å²) in [4.78, 5) is 0. The molecule has 0 unspecified atom stereocenters. The highest BCUT2D eigenvalue weighted by Crippen LogP contribution is 2.17. The van der Waals surface area contributed by atoms with Crippen LogP contribution < -0.4 is 0 Å². The smallest absolute Gasteiger partial charge is 0.164 e. The number of benzene rings is 1. The fourth-order valence-corrected chi connectivity index (χ4v) is 1.68. The van der Waals surface area contributed by atoms with Crippen molar-refractivity contribution in [3.8, 4) is 11.8 Å². The summed E-state index contributed by atoms with van der Waals surface area (Å²) in [7, 11) is 0. The summed E-state index contributed by atoms with van der Waals surface area (Å²) < 4.78 is 14.9. The van der Waals surface area contributed by atoms with E-state index < -0.39 is 0 Å². The van der Waals surface area contributed by atoms with Crippen LogP contribution in [0.15, 0.2) is 34.9 Å². The number of hydrogen-bond acceptors (Lipinski definition) is 2. The van der Waals surface area contributed by atoms with E-state index in [0.29, 0.717) is 16.0 Å². The zero-order valence-corrected chi connectivity index (χ0v) is 9.07. The lowest BCUT2D eigenvalue weighted by atomic mass is 10.3. The molecular formula is C10H5BrFN3. The van der Waals surface area contributed by atoms with Crippen molar-refractivity contribution in [2.45, 2.75) is 0 Å². The van der Waals surface area contributed by atoms with Gasteiger partial charge in [-0.15, -0.1) is 0 Å². The van der Waals surface area contributed by atoms with Gasteiger partial charge in [0.15, 0.2) is 5.69 Å². The van der Waals surface area contributed by atoms with Gasteiger partial charge in [0, 0.05) is 6.07 Å². The fraction of sp³-hybridized carbons (Fsp3) is 0. The molecule has 1 aromatic heterocycles. The van der Waals surface area contributed by atoms with Crippen molar-refractivity contribution in [2.75, 3.05) is 0 Å². The number of hydrogen-bond donors (Lipinski definition) is 0. The van der Waals surface area contributed by atoms with Crippen LogP contribution in [0.1, 0.15) is 5.69 Å². The van der Waals surface area contributed by atoms with Gasteiger partial charge in [-0.25, -0.2) is 9.07 Å². The predicted octanol–water partition coefficient (Wildman–Crippen LogP) is 2.65. The Morgan fingerprint density at radius 1 is 1.33 bits per heavy atom. The standard InChI is InChI=1S/C10H5BrFN3/c11-10-5-8(6-13)14-15(10)9-3-1-7(12)2-4-9/h1-5H. The fourth-order valence-electron chi connectivity index (χ4n) is 1.18. The third kappa shape index (κ3) is 1.90. The first-order valence-electron chi connectivity index (χ1n) is 4.12. The summed E-state index contributed by atoms with van der Waals surface area (Å²) in [6.45, 7) is 0. The van der Waals surface area contributed by atoms with Crippen LogP contribution in [0.25, 0.3) is 5.69 Å². The maximum Gasteiger partial charge on any atom is 0.164 e. The molecule has 0 N–H and O–H groups in total. The van der Waals surface area contributed by atoms with Crippen LogP contribution in [0.3, 0.4) is 0 Å². The van der Waals surface area contributed by atoms with Crippen LogP contribution in [0, 0.1) is 17.1 Å². The molecule has 0 aliphatic carbocycles. The minimum atomic E-state index is -0.303. The van der Waals surface area contributed by atoms with Crippen LogP contribution in [0.4, 0.5) is 4.39 Å². The number of nitrogens with zero attached hydrogens (tertiary/aromatic N) is 3. The van der Waals surface area contributed by atoms with Gasteiger partial charge in [0.05, 0.1) is 5.69 Å². The summed E-state index contributed by atoms with van der Waals surface area (Å²) in [6, 6.07) is 9.40. The highest BCUT2D eigenvalue weighted by atomic mass is 79.9. The van der Waals surface area contributed by atoms with Gasteiger partial charge in [0.1, 0.15) is 16.5 Å². The van der Waals surface area contributed by atoms with Crippen LogP contribution in [-0.4, -0.2) is 9.78 Å². The Bertz CT molecular complexity index is 525. The second-order valence-electron chi connectivity index (χ2n) is 2.85. The van der Waals surface area contributed by atoms with E-state index in [1.54, 1.807) is 18.2 Å². The predicted molar refractivity (Wildman–Crippen MR) is 55.9 cm³/mol. The number of nitriles is 1. The van der Waals surface area contributed by atoms with Crippen molar-refractivity contribution in [3.05, 3.63) is 46.4 Å². The molecule has 5 heteroatoms. The molecule has 0 radical (unpaired) electrons. The number of halogens is 2. The molecule has 0 atom stereocenters. The third-order valence-corrected chi connectivity index (χ3v) is 2.42. The van der Waals surface area contributed by atoms with Crippen molar-refractivity contribution in [1.82, 2.24) is 9.78 Å². The monoisotopic (exact) mass is 265 g/mol. The topological polar surface area (TPSA) is 41.6 Å². The van der Waals surface area contributed by atoms with Gasteiger partial charge >= 0.3 is 0 Å². The van der Waals surface area contributed by atoms with Crippen molar-refractivity contribution in [1.29, 1.82) is 5.26 Å². The summed E-state index contributed by atoms with van der Waals surface area (Å²) in [5.41, 5.74) is 1.01. The van der Waals surface area contributed by atoms with Crippen molar-refractivity contribution in [2.24, 2.45) is 0 Å². The third-order valence-electron chi connectivity index (χ3n) is 1.85. The largest absolute Gasteiger partial charge is 0.225 e. The molecule has 0 saturated heterocycles. The maximum atomic E-state index is 12.7. The Morgan fingerprint density at radius 3 is 2.53 bits per heavy atom. The second kappa shape index (κ2) is 3.83. The Morgan fingerprint density at radius 2 is 2.00 bits per heavy atom. The molecule has 15 heavy (non-hydrogen) atoms. The van der Waals surface area contributed by atoms with E-state index in [1.807, 2.05) is 6.07 Å². The first-order chi connectivity index (χ1) is 7.20. The molecular weight excluding hydrogens is 261 g/mol. The molecule has 0 fully saturated rings. The van der Waals surface area contributed by atoms with Gasteiger partial charge in [-0.2, -0.15) is 10.4 Å². The molecule has 2 aromatic rings. The minimum absolute atomic E-state index is 0.303. The minimum Gasteiger partial charge on any atom is -0.225 e. The normalized spacial score (nSPS) is 9.93. The molecule has 74 valence electrons. The Hall–Kier alpha value is -1.67. The Balaban J connectivity index is 2.50. The molecule has 1 heterocycles. The highest BCUT2D eigenvalue weighted by Gasteiger charge is 2.06. The summed E-state index contributed by atoms with van der Waals surface area (Å²) in [6.07, 6.45) is 0. The molecule has 0 aliphatic rings. The van der Waals surface area contributed by atoms with Crippen LogP contribution in [0.2, 0.25) is 0 Å². The Labute approximate surface area is 93.9 Å². The van der Waals surface area contributed by atoms with Crippen LogP contribution >= 0.6 is 15.9 Å². The average molecular weight is 266 g/mol. The summed E-state index contributed by atoms with van der Waals surface area (Å²) in [5.74, 6) is -0.303. The van der Waals surface area contributed by atoms with Crippen molar-refractivity contribution >= 4 is 15.9 Å². The summed E-state index contributed by atoms with van der Waals surface area (Å²) >= 11 is 3.27. The molecule has 0 aliphatic heterocycles.